The zero-order valence-corrected chi connectivity index (χ0v) is 10.7. The first-order valence-electron chi connectivity index (χ1n) is 6.56. The Morgan fingerprint density at radius 3 is 2.74 bits per heavy atom. The molecule has 1 aliphatic rings. The van der Waals surface area contributed by atoms with E-state index in [1.807, 2.05) is 12.1 Å². The first-order chi connectivity index (χ1) is 9.26. The Bertz CT molecular complexity index is 563. The molecule has 19 heavy (non-hydrogen) atoms. The van der Waals surface area contributed by atoms with Crippen molar-refractivity contribution in [2.24, 2.45) is 5.92 Å². The third-order valence-corrected chi connectivity index (χ3v) is 3.68. The molecule has 0 bridgehead atoms. The Hall–Kier alpha value is -1.88. The fourth-order valence-corrected chi connectivity index (χ4v) is 2.53. The van der Waals surface area contributed by atoms with Crippen molar-refractivity contribution in [3.63, 3.8) is 0 Å². The lowest BCUT2D eigenvalue weighted by molar-refractivity contribution is 0.189. The summed E-state index contributed by atoms with van der Waals surface area (Å²) in [6.45, 7) is 1.02. The summed E-state index contributed by atoms with van der Waals surface area (Å²) in [6, 6.07) is 7.14. The lowest BCUT2D eigenvalue weighted by atomic mass is 10.00. The van der Waals surface area contributed by atoms with Crippen molar-refractivity contribution in [2.45, 2.75) is 25.8 Å². The van der Waals surface area contributed by atoms with Crippen molar-refractivity contribution in [3.05, 3.63) is 41.5 Å². The number of aromatic nitrogens is 3. The van der Waals surface area contributed by atoms with Crippen LogP contribution in [0.2, 0.25) is 0 Å². The number of hydrogen-bond acceptors (Lipinski definition) is 4. The average Bonchev–Trinajstić information content (AvgIpc) is 2.84. The molecular formula is C14H17N3O2. The van der Waals surface area contributed by atoms with Gasteiger partial charge in [-0.2, -0.15) is 0 Å². The quantitative estimate of drug-likeness (QED) is 0.866. The van der Waals surface area contributed by atoms with E-state index in [0.717, 1.165) is 36.6 Å². The van der Waals surface area contributed by atoms with E-state index in [-0.39, 0.29) is 12.4 Å². The third-order valence-electron chi connectivity index (χ3n) is 3.68. The number of aliphatic hydroxyl groups excluding tert-OH is 1. The highest BCUT2D eigenvalue weighted by Gasteiger charge is 2.22. The summed E-state index contributed by atoms with van der Waals surface area (Å²) in [5.41, 5.74) is 1.10. The van der Waals surface area contributed by atoms with E-state index >= 15 is 0 Å². The van der Waals surface area contributed by atoms with Crippen molar-refractivity contribution >= 4 is 0 Å². The highest BCUT2D eigenvalue weighted by molar-refractivity contribution is 5.28. The van der Waals surface area contributed by atoms with Crippen LogP contribution in [0.4, 0.5) is 0 Å². The monoisotopic (exact) mass is 259 g/mol. The van der Waals surface area contributed by atoms with Gasteiger partial charge in [-0.1, -0.05) is 12.1 Å². The molecule has 1 unspecified atom stereocenters. The molecular weight excluding hydrogens is 242 g/mol. The molecule has 2 heterocycles. The van der Waals surface area contributed by atoms with E-state index < -0.39 is 0 Å². The number of nitrogens with zero attached hydrogens (tertiary/aromatic N) is 3. The van der Waals surface area contributed by atoms with Gasteiger partial charge in [0.15, 0.2) is 0 Å². The van der Waals surface area contributed by atoms with Gasteiger partial charge in [-0.05, 0) is 24.1 Å². The summed E-state index contributed by atoms with van der Waals surface area (Å²) in [6.07, 6.45) is 2.56. The molecule has 0 radical (unpaired) electrons. The number of aliphatic hydroxyl groups is 1. The van der Waals surface area contributed by atoms with Crippen LogP contribution in [0.15, 0.2) is 24.3 Å². The molecule has 100 valence electrons. The lowest BCUT2D eigenvalue weighted by Gasteiger charge is -2.22. The van der Waals surface area contributed by atoms with E-state index in [0.29, 0.717) is 12.3 Å². The SMILES string of the molecule is OCC1CCc2nnc(Cc3ccc(O)cc3)n2C1. The number of phenolic OH excluding ortho intramolecular Hbond substituents is 1. The summed E-state index contributed by atoms with van der Waals surface area (Å²) < 4.78 is 2.12. The van der Waals surface area contributed by atoms with Crippen LogP contribution in [0, 0.1) is 5.92 Å². The van der Waals surface area contributed by atoms with Crippen molar-refractivity contribution < 1.29 is 10.2 Å². The highest BCUT2D eigenvalue weighted by Crippen LogP contribution is 2.21. The fourth-order valence-electron chi connectivity index (χ4n) is 2.53. The summed E-state index contributed by atoms with van der Waals surface area (Å²) in [5, 5.41) is 27.0. The molecule has 1 aliphatic heterocycles. The Labute approximate surface area is 111 Å². The second-order valence-corrected chi connectivity index (χ2v) is 5.07. The van der Waals surface area contributed by atoms with Crippen LogP contribution in [-0.4, -0.2) is 31.6 Å². The van der Waals surface area contributed by atoms with Crippen molar-refractivity contribution in [1.29, 1.82) is 0 Å². The Balaban J connectivity index is 1.82. The number of benzene rings is 1. The lowest BCUT2D eigenvalue weighted by Crippen LogP contribution is -2.24. The van der Waals surface area contributed by atoms with Gasteiger partial charge in [0, 0.05) is 31.9 Å². The predicted octanol–water partition coefficient (Wildman–Crippen LogP) is 1.13. The van der Waals surface area contributed by atoms with Crippen molar-refractivity contribution in [3.8, 4) is 5.75 Å². The van der Waals surface area contributed by atoms with Crippen LogP contribution < -0.4 is 0 Å². The molecule has 5 heteroatoms. The number of hydrogen-bond donors (Lipinski definition) is 2. The molecule has 0 saturated carbocycles. The molecule has 0 spiro atoms. The summed E-state index contributed by atoms with van der Waals surface area (Å²) in [7, 11) is 0. The molecule has 0 saturated heterocycles. The van der Waals surface area contributed by atoms with Crippen molar-refractivity contribution in [1.82, 2.24) is 14.8 Å². The van der Waals surface area contributed by atoms with Crippen LogP contribution in [0.3, 0.4) is 0 Å². The zero-order valence-electron chi connectivity index (χ0n) is 10.7. The highest BCUT2D eigenvalue weighted by atomic mass is 16.3. The topological polar surface area (TPSA) is 71.2 Å². The zero-order chi connectivity index (χ0) is 13.2. The smallest absolute Gasteiger partial charge is 0.137 e. The maximum atomic E-state index is 9.28. The number of phenols is 1. The summed E-state index contributed by atoms with van der Waals surface area (Å²) in [4.78, 5) is 0. The molecule has 1 aromatic heterocycles. The van der Waals surface area contributed by atoms with Gasteiger partial charge in [0.1, 0.15) is 17.4 Å². The summed E-state index contributed by atoms with van der Waals surface area (Å²) in [5.74, 6) is 2.52. The van der Waals surface area contributed by atoms with Gasteiger partial charge in [-0.25, -0.2) is 0 Å². The number of aromatic hydroxyl groups is 1. The first-order valence-corrected chi connectivity index (χ1v) is 6.56. The normalized spacial score (nSPS) is 18.3. The largest absolute Gasteiger partial charge is 0.508 e. The van der Waals surface area contributed by atoms with Crippen molar-refractivity contribution in [2.75, 3.05) is 6.61 Å². The molecule has 0 aliphatic carbocycles. The van der Waals surface area contributed by atoms with E-state index in [4.69, 9.17) is 0 Å². The van der Waals surface area contributed by atoms with E-state index in [2.05, 4.69) is 14.8 Å². The third kappa shape index (κ3) is 2.46. The van der Waals surface area contributed by atoms with Crippen LogP contribution >= 0.6 is 0 Å². The predicted molar refractivity (Wildman–Crippen MR) is 69.8 cm³/mol. The van der Waals surface area contributed by atoms with Crippen LogP contribution in [0.1, 0.15) is 23.6 Å². The average molecular weight is 259 g/mol. The maximum absolute atomic E-state index is 9.28. The number of fused-ring (bicyclic) bond motifs is 1. The molecule has 3 rings (SSSR count). The Morgan fingerprint density at radius 1 is 1.21 bits per heavy atom. The molecule has 1 atom stereocenters. The van der Waals surface area contributed by atoms with Crippen LogP contribution in [-0.2, 0) is 19.4 Å². The second kappa shape index (κ2) is 5.01. The molecule has 0 amide bonds. The van der Waals surface area contributed by atoms with Gasteiger partial charge in [0.25, 0.3) is 0 Å². The Kier molecular flexibility index (Phi) is 3.21. The molecule has 2 aromatic rings. The minimum absolute atomic E-state index is 0.219. The van der Waals surface area contributed by atoms with Gasteiger partial charge in [-0.3, -0.25) is 0 Å². The molecule has 1 aromatic carbocycles. The molecule has 0 fully saturated rings. The van der Waals surface area contributed by atoms with Crippen LogP contribution in [0.25, 0.3) is 0 Å². The van der Waals surface area contributed by atoms with Gasteiger partial charge in [0.05, 0.1) is 0 Å². The number of aryl methyl sites for hydroxylation is 1. The molecule has 2 N–H and O–H groups in total. The minimum Gasteiger partial charge on any atom is -0.508 e. The van der Waals surface area contributed by atoms with Gasteiger partial charge in [-0.15, -0.1) is 10.2 Å². The molecule has 5 nitrogen and oxygen atoms in total. The van der Waals surface area contributed by atoms with E-state index in [1.165, 1.54) is 0 Å². The fraction of sp³-hybridized carbons (Fsp3) is 0.429. The first kappa shape index (κ1) is 12.2. The van der Waals surface area contributed by atoms with Crippen LogP contribution in [0.5, 0.6) is 5.75 Å². The van der Waals surface area contributed by atoms with Gasteiger partial charge < -0.3 is 14.8 Å². The Morgan fingerprint density at radius 2 is 2.00 bits per heavy atom. The van der Waals surface area contributed by atoms with E-state index in [9.17, 15) is 10.2 Å². The van der Waals surface area contributed by atoms with Gasteiger partial charge >= 0.3 is 0 Å². The summed E-state index contributed by atoms with van der Waals surface area (Å²) >= 11 is 0. The van der Waals surface area contributed by atoms with E-state index in [1.54, 1.807) is 12.1 Å². The second-order valence-electron chi connectivity index (χ2n) is 5.07. The number of rotatable bonds is 3. The maximum Gasteiger partial charge on any atom is 0.137 e. The van der Waals surface area contributed by atoms with Gasteiger partial charge in [0.2, 0.25) is 0 Å². The minimum atomic E-state index is 0.219. The standard InChI is InChI=1S/C14H17N3O2/c18-9-11-3-6-13-15-16-14(17(13)8-11)7-10-1-4-12(19)5-2-10/h1-2,4-5,11,18-19H,3,6-9H2.